The second-order valence-corrected chi connectivity index (χ2v) is 2.22. The number of pyridine rings is 1. The van der Waals surface area contributed by atoms with Crippen LogP contribution >= 0.6 is 11.6 Å². The summed E-state index contributed by atoms with van der Waals surface area (Å²) >= 11 is 5.64. The molecule has 0 unspecified atom stereocenters. The van der Waals surface area contributed by atoms with E-state index in [0.29, 0.717) is 10.9 Å². The lowest BCUT2D eigenvalue weighted by molar-refractivity contribution is 0.201. The Balaban J connectivity index is 0.000000671. The topological polar surface area (TPSA) is 68.4 Å². The molecule has 1 heterocycles. The van der Waals surface area contributed by atoms with E-state index in [0.717, 1.165) is 0 Å². The van der Waals surface area contributed by atoms with Gasteiger partial charge in [0.25, 0.3) is 0 Å². The molecule has 1 aromatic rings. The number of hydrogen-bond donors (Lipinski definition) is 2. The van der Waals surface area contributed by atoms with Crippen LogP contribution in [0.2, 0.25) is 5.15 Å². The molecule has 0 radical (unpaired) electrons. The number of hydrogen-bond acceptors (Lipinski definition) is 4. The van der Waals surface area contributed by atoms with Crippen molar-refractivity contribution < 1.29 is 9.84 Å². The van der Waals surface area contributed by atoms with Crippen molar-refractivity contribution in [2.75, 3.05) is 20.3 Å². The molecule has 1 rings (SSSR count). The van der Waals surface area contributed by atoms with Crippen molar-refractivity contribution in [3.05, 3.63) is 23.5 Å². The van der Waals surface area contributed by atoms with Crippen LogP contribution in [0.25, 0.3) is 0 Å². The zero-order valence-electron chi connectivity index (χ0n) is 7.40. The minimum Gasteiger partial charge on any atom is -0.488 e. The summed E-state index contributed by atoms with van der Waals surface area (Å²) in [5, 5.41) is 8.75. The van der Waals surface area contributed by atoms with Crippen molar-refractivity contribution in [3.63, 3.8) is 0 Å². The van der Waals surface area contributed by atoms with E-state index >= 15 is 0 Å². The van der Waals surface area contributed by atoms with E-state index in [1.54, 1.807) is 18.3 Å². The van der Waals surface area contributed by atoms with Crippen LogP contribution in [0.1, 0.15) is 0 Å². The predicted molar refractivity (Wildman–Crippen MR) is 51.9 cm³/mol. The maximum atomic E-state index is 8.43. The Hall–Kier alpha value is -0.840. The molecule has 0 bridgehead atoms. The Bertz CT molecular complexity index is 233. The molecule has 0 fully saturated rings. The van der Waals surface area contributed by atoms with Gasteiger partial charge in [-0.05, 0) is 19.2 Å². The molecule has 0 amide bonds. The molecule has 13 heavy (non-hydrogen) atoms. The SMILES string of the molecule is CN.OCCOc1cccnc1Cl. The summed E-state index contributed by atoms with van der Waals surface area (Å²) in [7, 11) is 1.50. The molecular formula is C8H13ClN2O2. The van der Waals surface area contributed by atoms with Crippen molar-refractivity contribution in [2.24, 2.45) is 5.73 Å². The number of nitrogens with two attached hydrogens (primary N) is 1. The van der Waals surface area contributed by atoms with Gasteiger partial charge in [-0.2, -0.15) is 0 Å². The van der Waals surface area contributed by atoms with Crippen molar-refractivity contribution in [1.82, 2.24) is 4.98 Å². The first kappa shape index (κ1) is 12.2. The lowest BCUT2D eigenvalue weighted by atomic mass is 10.5. The number of nitrogens with zero attached hydrogens (tertiary/aromatic N) is 1. The van der Waals surface area contributed by atoms with E-state index in [2.05, 4.69) is 10.7 Å². The van der Waals surface area contributed by atoms with E-state index in [1.165, 1.54) is 7.05 Å². The van der Waals surface area contributed by atoms with Crippen molar-refractivity contribution in [2.45, 2.75) is 0 Å². The Labute approximate surface area is 82.3 Å². The highest BCUT2D eigenvalue weighted by atomic mass is 35.5. The monoisotopic (exact) mass is 204 g/mol. The minimum atomic E-state index is -0.0226. The number of ether oxygens (including phenoxy) is 1. The lowest BCUT2D eigenvalue weighted by Crippen LogP contribution is -2.02. The number of rotatable bonds is 3. The molecule has 5 heteroatoms. The van der Waals surface area contributed by atoms with Crippen molar-refractivity contribution in [3.8, 4) is 5.75 Å². The Morgan fingerprint density at radius 3 is 2.85 bits per heavy atom. The maximum Gasteiger partial charge on any atom is 0.171 e. The van der Waals surface area contributed by atoms with E-state index in [1.807, 2.05) is 0 Å². The van der Waals surface area contributed by atoms with Crippen LogP contribution in [0.15, 0.2) is 18.3 Å². The van der Waals surface area contributed by atoms with Gasteiger partial charge in [0.1, 0.15) is 6.61 Å². The van der Waals surface area contributed by atoms with E-state index in [-0.39, 0.29) is 13.2 Å². The fraction of sp³-hybridized carbons (Fsp3) is 0.375. The van der Waals surface area contributed by atoms with Gasteiger partial charge in [0, 0.05) is 6.20 Å². The standard InChI is InChI=1S/C7H8ClNO2.CH5N/c8-7-6(11-5-4-10)2-1-3-9-7;1-2/h1-3,10H,4-5H2;2H2,1H3. The predicted octanol–water partition coefficient (Wildman–Crippen LogP) is 0.681. The Morgan fingerprint density at radius 2 is 2.31 bits per heavy atom. The number of aliphatic hydroxyl groups excluding tert-OH is 1. The molecule has 0 spiro atoms. The Kier molecular flexibility index (Phi) is 7.29. The summed E-state index contributed by atoms with van der Waals surface area (Å²) in [6.45, 7) is 0.219. The molecule has 0 aliphatic carbocycles. The van der Waals surface area contributed by atoms with Crippen molar-refractivity contribution >= 4 is 11.6 Å². The maximum absolute atomic E-state index is 8.43. The van der Waals surface area contributed by atoms with Gasteiger partial charge < -0.3 is 15.6 Å². The van der Waals surface area contributed by atoms with Crippen LogP contribution in [0.4, 0.5) is 0 Å². The first-order valence-corrected chi connectivity index (χ1v) is 4.14. The first-order valence-electron chi connectivity index (χ1n) is 3.76. The van der Waals surface area contributed by atoms with E-state index in [9.17, 15) is 0 Å². The molecule has 4 nitrogen and oxygen atoms in total. The van der Waals surface area contributed by atoms with Gasteiger partial charge in [-0.25, -0.2) is 4.98 Å². The van der Waals surface area contributed by atoms with Gasteiger partial charge in [0.15, 0.2) is 10.9 Å². The summed E-state index contributed by atoms with van der Waals surface area (Å²) in [5.41, 5.74) is 4.50. The summed E-state index contributed by atoms with van der Waals surface area (Å²) in [5.74, 6) is 0.503. The third-order valence-electron chi connectivity index (χ3n) is 1.07. The van der Waals surface area contributed by atoms with Gasteiger partial charge in [0.05, 0.1) is 6.61 Å². The molecule has 0 atom stereocenters. The van der Waals surface area contributed by atoms with Crippen LogP contribution < -0.4 is 10.5 Å². The Morgan fingerprint density at radius 1 is 1.62 bits per heavy atom. The third kappa shape index (κ3) is 4.67. The van der Waals surface area contributed by atoms with Gasteiger partial charge >= 0.3 is 0 Å². The quantitative estimate of drug-likeness (QED) is 0.711. The van der Waals surface area contributed by atoms with Crippen LogP contribution in [0.5, 0.6) is 5.75 Å². The number of aromatic nitrogens is 1. The smallest absolute Gasteiger partial charge is 0.171 e. The van der Waals surface area contributed by atoms with Crippen LogP contribution in [0.3, 0.4) is 0 Å². The zero-order valence-corrected chi connectivity index (χ0v) is 8.16. The van der Waals surface area contributed by atoms with Gasteiger partial charge in [-0.3, -0.25) is 0 Å². The third-order valence-corrected chi connectivity index (χ3v) is 1.36. The molecule has 0 aliphatic rings. The van der Waals surface area contributed by atoms with Crippen molar-refractivity contribution in [1.29, 1.82) is 0 Å². The average Bonchev–Trinajstić information content (AvgIpc) is 2.20. The second-order valence-electron chi connectivity index (χ2n) is 1.86. The highest BCUT2D eigenvalue weighted by molar-refractivity contribution is 6.30. The second kappa shape index (κ2) is 7.79. The lowest BCUT2D eigenvalue weighted by Gasteiger charge is -2.03. The van der Waals surface area contributed by atoms with Gasteiger partial charge in [-0.15, -0.1) is 0 Å². The molecule has 1 aromatic heterocycles. The fourth-order valence-electron chi connectivity index (χ4n) is 0.635. The molecule has 0 saturated heterocycles. The molecule has 0 saturated carbocycles. The first-order chi connectivity index (χ1) is 6.34. The molecular weight excluding hydrogens is 192 g/mol. The summed E-state index contributed by atoms with van der Waals surface area (Å²) in [4.78, 5) is 3.79. The normalized spacial score (nSPS) is 8.62. The zero-order chi connectivity index (χ0) is 10.1. The summed E-state index contributed by atoms with van der Waals surface area (Å²) < 4.78 is 5.04. The van der Waals surface area contributed by atoms with Crippen LogP contribution in [-0.2, 0) is 0 Å². The van der Waals surface area contributed by atoms with E-state index in [4.69, 9.17) is 21.4 Å². The van der Waals surface area contributed by atoms with Crippen LogP contribution in [-0.4, -0.2) is 30.4 Å². The fourth-order valence-corrected chi connectivity index (χ4v) is 0.808. The molecule has 0 aliphatic heterocycles. The minimum absolute atomic E-state index is 0.0226. The van der Waals surface area contributed by atoms with Crippen LogP contribution in [0, 0.1) is 0 Å². The van der Waals surface area contributed by atoms with E-state index < -0.39 is 0 Å². The molecule has 74 valence electrons. The van der Waals surface area contributed by atoms with Gasteiger partial charge in [-0.1, -0.05) is 11.6 Å². The molecule has 3 N–H and O–H groups in total. The average molecular weight is 205 g/mol. The largest absolute Gasteiger partial charge is 0.488 e. The molecule has 0 aromatic carbocycles. The number of halogens is 1. The van der Waals surface area contributed by atoms with Gasteiger partial charge in [0.2, 0.25) is 0 Å². The summed E-state index contributed by atoms with van der Waals surface area (Å²) in [6.07, 6.45) is 1.58. The number of aliphatic hydroxyl groups is 1. The highest BCUT2D eigenvalue weighted by Crippen LogP contribution is 2.19. The summed E-state index contributed by atoms with van der Waals surface area (Å²) in [6, 6.07) is 3.42. The highest BCUT2D eigenvalue weighted by Gasteiger charge is 1.98.